The van der Waals surface area contributed by atoms with Crippen molar-refractivity contribution in [2.45, 2.75) is 0 Å². The van der Waals surface area contributed by atoms with Gasteiger partial charge in [-0.15, -0.1) is 0 Å². The first-order chi connectivity index (χ1) is 9.74. The lowest BCUT2D eigenvalue weighted by Crippen LogP contribution is -1.90. The topological polar surface area (TPSA) is 77.7 Å². The molecule has 3 N–H and O–H groups in total. The largest absolute Gasteiger partial charge is 0.504 e. The highest BCUT2D eigenvalue weighted by Gasteiger charge is 2.03. The lowest BCUT2D eigenvalue weighted by atomic mass is 10.2. The van der Waals surface area contributed by atoms with E-state index < -0.39 is 0 Å². The average molecular weight is 285 g/mol. The number of hydrogen-bond acceptors (Lipinski definition) is 6. The molecule has 0 radical (unpaired) electrons. The summed E-state index contributed by atoms with van der Waals surface area (Å²) in [6, 6.07) is 12.5. The molecule has 2 aromatic carbocycles. The standard InChI is InChI=1S/C14H11N3O2S/c18-11-6-3-4-9(13(11)19)8-15-17-14-16-10-5-1-2-7-12(10)20-14/h1-8,18-19H,(H,16,17)/b15-8+. The van der Waals surface area contributed by atoms with Gasteiger partial charge in [-0.25, -0.2) is 4.98 Å². The first-order valence-electron chi connectivity index (χ1n) is 5.89. The summed E-state index contributed by atoms with van der Waals surface area (Å²) >= 11 is 1.49. The van der Waals surface area contributed by atoms with Crippen LogP contribution in [-0.2, 0) is 0 Å². The van der Waals surface area contributed by atoms with Crippen LogP contribution in [0.4, 0.5) is 5.13 Å². The number of benzene rings is 2. The van der Waals surface area contributed by atoms with Crippen molar-refractivity contribution < 1.29 is 10.2 Å². The number of anilines is 1. The molecule has 1 aromatic heterocycles. The van der Waals surface area contributed by atoms with E-state index in [0.717, 1.165) is 10.2 Å². The van der Waals surface area contributed by atoms with Gasteiger partial charge in [0.05, 0.1) is 16.4 Å². The van der Waals surface area contributed by atoms with E-state index in [-0.39, 0.29) is 11.5 Å². The summed E-state index contributed by atoms with van der Waals surface area (Å²) in [4.78, 5) is 4.37. The number of rotatable bonds is 3. The van der Waals surface area contributed by atoms with Gasteiger partial charge in [0.25, 0.3) is 0 Å². The summed E-state index contributed by atoms with van der Waals surface area (Å²) in [5.74, 6) is -0.365. The highest BCUT2D eigenvalue weighted by atomic mass is 32.1. The van der Waals surface area contributed by atoms with Crippen molar-refractivity contribution in [2.75, 3.05) is 5.43 Å². The Morgan fingerprint density at radius 1 is 1.10 bits per heavy atom. The van der Waals surface area contributed by atoms with E-state index in [9.17, 15) is 10.2 Å². The first-order valence-corrected chi connectivity index (χ1v) is 6.71. The molecule has 0 amide bonds. The molecule has 0 saturated heterocycles. The third-order valence-electron chi connectivity index (χ3n) is 2.70. The van der Waals surface area contributed by atoms with E-state index in [1.54, 1.807) is 12.1 Å². The van der Waals surface area contributed by atoms with Gasteiger partial charge in [0.1, 0.15) is 0 Å². The van der Waals surface area contributed by atoms with Gasteiger partial charge in [-0.2, -0.15) is 5.10 Å². The van der Waals surface area contributed by atoms with Crippen molar-refractivity contribution in [3.63, 3.8) is 0 Å². The van der Waals surface area contributed by atoms with Crippen LogP contribution in [0.15, 0.2) is 47.6 Å². The number of nitrogens with one attached hydrogen (secondary N) is 1. The van der Waals surface area contributed by atoms with Crippen LogP contribution < -0.4 is 5.43 Å². The van der Waals surface area contributed by atoms with Crippen LogP contribution in [0, 0.1) is 0 Å². The Bertz CT molecular complexity index is 750. The molecule has 0 fully saturated rings. The second-order valence-electron chi connectivity index (χ2n) is 4.07. The van der Waals surface area contributed by atoms with Gasteiger partial charge in [-0.05, 0) is 24.3 Å². The lowest BCUT2D eigenvalue weighted by molar-refractivity contribution is 0.403. The van der Waals surface area contributed by atoms with Gasteiger partial charge >= 0.3 is 0 Å². The van der Waals surface area contributed by atoms with Crippen LogP contribution in [0.2, 0.25) is 0 Å². The van der Waals surface area contributed by atoms with Crippen molar-refractivity contribution in [3.8, 4) is 11.5 Å². The van der Waals surface area contributed by atoms with Crippen LogP contribution in [-0.4, -0.2) is 21.4 Å². The van der Waals surface area contributed by atoms with E-state index in [4.69, 9.17) is 0 Å². The molecule has 1 heterocycles. The summed E-state index contributed by atoms with van der Waals surface area (Å²) in [6.07, 6.45) is 1.43. The number of phenolic OH excluding ortho intramolecular Hbond substituents is 2. The van der Waals surface area contributed by atoms with E-state index in [0.29, 0.717) is 10.7 Å². The Morgan fingerprint density at radius 2 is 1.95 bits per heavy atom. The first kappa shape index (κ1) is 12.4. The van der Waals surface area contributed by atoms with Crippen LogP contribution in [0.25, 0.3) is 10.2 Å². The predicted molar refractivity (Wildman–Crippen MR) is 80.6 cm³/mol. The predicted octanol–water partition coefficient (Wildman–Crippen LogP) is 3.15. The average Bonchev–Trinajstić information content (AvgIpc) is 2.86. The number of nitrogens with zero attached hydrogens (tertiary/aromatic N) is 2. The zero-order chi connectivity index (χ0) is 13.9. The number of hydrogen-bond donors (Lipinski definition) is 3. The smallest absolute Gasteiger partial charge is 0.204 e. The minimum Gasteiger partial charge on any atom is -0.504 e. The minimum absolute atomic E-state index is 0.172. The van der Waals surface area contributed by atoms with Gasteiger partial charge in [0.15, 0.2) is 11.5 Å². The van der Waals surface area contributed by atoms with Crippen LogP contribution in [0.3, 0.4) is 0 Å². The second kappa shape index (κ2) is 5.18. The van der Waals surface area contributed by atoms with Crippen molar-refractivity contribution in [2.24, 2.45) is 5.10 Å². The molecule has 3 rings (SSSR count). The molecule has 3 aromatic rings. The molecule has 0 aliphatic rings. The number of aromatic nitrogens is 1. The Kier molecular flexibility index (Phi) is 3.22. The Balaban J connectivity index is 1.78. The zero-order valence-corrected chi connectivity index (χ0v) is 11.1. The van der Waals surface area contributed by atoms with Gasteiger partial charge in [-0.3, -0.25) is 5.43 Å². The highest BCUT2D eigenvalue weighted by Crippen LogP contribution is 2.27. The maximum absolute atomic E-state index is 9.63. The van der Waals surface area contributed by atoms with Crippen molar-refractivity contribution in [1.29, 1.82) is 0 Å². The fraction of sp³-hybridized carbons (Fsp3) is 0. The number of phenols is 2. The van der Waals surface area contributed by atoms with Crippen molar-refractivity contribution >= 4 is 32.9 Å². The molecule has 0 aliphatic heterocycles. The van der Waals surface area contributed by atoms with Crippen LogP contribution in [0.5, 0.6) is 11.5 Å². The van der Waals surface area contributed by atoms with E-state index in [1.165, 1.54) is 23.6 Å². The molecule has 0 bridgehead atoms. The minimum atomic E-state index is -0.192. The van der Waals surface area contributed by atoms with Crippen molar-refractivity contribution in [1.82, 2.24) is 4.98 Å². The molecule has 0 spiro atoms. The normalized spacial score (nSPS) is 11.2. The van der Waals surface area contributed by atoms with E-state index in [1.807, 2.05) is 24.3 Å². The molecular formula is C14H11N3O2S. The molecule has 100 valence electrons. The Hall–Kier alpha value is -2.60. The fourth-order valence-electron chi connectivity index (χ4n) is 1.73. The van der Waals surface area contributed by atoms with Crippen LogP contribution in [0.1, 0.15) is 5.56 Å². The summed E-state index contributed by atoms with van der Waals surface area (Å²) in [5.41, 5.74) is 4.16. The molecule has 0 aliphatic carbocycles. The monoisotopic (exact) mass is 285 g/mol. The molecule has 0 unspecified atom stereocenters. The molecular weight excluding hydrogens is 274 g/mol. The van der Waals surface area contributed by atoms with Gasteiger partial charge in [-0.1, -0.05) is 29.5 Å². The summed E-state index contributed by atoms with van der Waals surface area (Å²) in [7, 11) is 0. The number of aromatic hydroxyl groups is 2. The third kappa shape index (κ3) is 2.41. The lowest BCUT2D eigenvalue weighted by Gasteiger charge is -2.00. The second-order valence-corrected chi connectivity index (χ2v) is 5.10. The fourth-order valence-corrected chi connectivity index (χ4v) is 2.55. The number of hydrazone groups is 1. The molecule has 0 saturated carbocycles. The number of thiazole rings is 1. The van der Waals surface area contributed by atoms with Crippen molar-refractivity contribution in [3.05, 3.63) is 48.0 Å². The van der Waals surface area contributed by atoms with Crippen LogP contribution >= 0.6 is 11.3 Å². The molecule has 20 heavy (non-hydrogen) atoms. The maximum Gasteiger partial charge on any atom is 0.204 e. The highest BCUT2D eigenvalue weighted by molar-refractivity contribution is 7.22. The summed E-state index contributed by atoms with van der Waals surface area (Å²) in [5, 5.41) is 23.7. The molecule has 0 atom stereocenters. The summed E-state index contributed by atoms with van der Waals surface area (Å²) < 4.78 is 1.07. The Labute approximate surface area is 118 Å². The molecule has 5 nitrogen and oxygen atoms in total. The SMILES string of the molecule is Oc1cccc(/C=N/Nc2nc3ccccc3s2)c1O. The van der Waals surface area contributed by atoms with E-state index >= 15 is 0 Å². The maximum atomic E-state index is 9.63. The van der Waals surface area contributed by atoms with Gasteiger partial charge in [0, 0.05) is 5.56 Å². The van der Waals surface area contributed by atoms with Gasteiger partial charge < -0.3 is 10.2 Å². The van der Waals surface area contributed by atoms with Gasteiger partial charge in [0.2, 0.25) is 5.13 Å². The molecule has 6 heteroatoms. The number of para-hydroxylation sites is 2. The van der Waals surface area contributed by atoms with E-state index in [2.05, 4.69) is 15.5 Å². The Morgan fingerprint density at radius 3 is 2.80 bits per heavy atom. The zero-order valence-electron chi connectivity index (χ0n) is 10.3. The number of fused-ring (bicyclic) bond motifs is 1. The quantitative estimate of drug-likeness (QED) is 0.392. The third-order valence-corrected chi connectivity index (χ3v) is 3.64. The summed E-state index contributed by atoms with van der Waals surface area (Å²) in [6.45, 7) is 0.